The van der Waals surface area contributed by atoms with Crippen LogP contribution in [0.4, 0.5) is 0 Å². The highest BCUT2D eigenvalue weighted by molar-refractivity contribution is 5.77. The van der Waals surface area contributed by atoms with Gasteiger partial charge in [-0.1, -0.05) is 18.2 Å². The summed E-state index contributed by atoms with van der Waals surface area (Å²) >= 11 is 0. The minimum atomic E-state index is -0.131. The smallest absolute Gasteiger partial charge is 0.246 e. The van der Waals surface area contributed by atoms with E-state index in [0.717, 1.165) is 11.3 Å². The second-order valence-corrected chi connectivity index (χ2v) is 3.98. The number of methoxy groups -OCH3 is 1. The van der Waals surface area contributed by atoms with Crippen LogP contribution in [0.5, 0.6) is 5.75 Å². The first-order chi connectivity index (χ1) is 8.13. The van der Waals surface area contributed by atoms with Crippen molar-refractivity contribution in [1.29, 1.82) is 0 Å². The highest BCUT2D eigenvalue weighted by Gasteiger charge is 2.08. The summed E-state index contributed by atoms with van der Waals surface area (Å²) in [4.78, 5) is 11.2. The summed E-state index contributed by atoms with van der Waals surface area (Å²) in [7, 11) is 1.49. The van der Waals surface area contributed by atoms with Gasteiger partial charge in [-0.15, -0.1) is 0 Å². The molecule has 4 heteroatoms. The summed E-state index contributed by atoms with van der Waals surface area (Å²) in [5.41, 5.74) is 1.09. The molecule has 0 aliphatic rings. The molecule has 0 spiro atoms. The SMILES string of the molecule is COCC(=O)N[C@H](C)COc1ccccc1C. The van der Waals surface area contributed by atoms with Crippen LogP contribution in [-0.4, -0.2) is 32.3 Å². The van der Waals surface area contributed by atoms with Crippen LogP contribution in [0.15, 0.2) is 24.3 Å². The Balaban J connectivity index is 2.35. The van der Waals surface area contributed by atoms with E-state index in [-0.39, 0.29) is 18.6 Å². The lowest BCUT2D eigenvalue weighted by molar-refractivity contribution is -0.125. The maximum absolute atomic E-state index is 11.2. The van der Waals surface area contributed by atoms with Crippen LogP contribution in [0, 0.1) is 6.92 Å². The summed E-state index contributed by atoms with van der Waals surface area (Å²) in [6.07, 6.45) is 0. The highest BCUT2D eigenvalue weighted by Crippen LogP contribution is 2.16. The van der Waals surface area contributed by atoms with E-state index in [1.807, 2.05) is 38.1 Å². The molecule has 94 valence electrons. The Kier molecular flexibility index (Phi) is 5.49. The van der Waals surface area contributed by atoms with E-state index in [4.69, 9.17) is 9.47 Å². The van der Waals surface area contributed by atoms with Crippen molar-refractivity contribution >= 4 is 5.91 Å². The van der Waals surface area contributed by atoms with E-state index >= 15 is 0 Å². The van der Waals surface area contributed by atoms with E-state index in [1.54, 1.807) is 0 Å². The van der Waals surface area contributed by atoms with Gasteiger partial charge < -0.3 is 14.8 Å². The Morgan fingerprint density at radius 3 is 2.76 bits per heavy atom. The van der Waals surface area contributed by atoms with Crippen molar-refractivity contribution in [2.24, 2.45) is 0 Å². The molecule has 1 N–H and O–H groups in total. The molecule has 4 nitrogen and oxygen atoms in total. The molecule has 0 fully saturated rings. The number of aryl methyl sites for hydroxylation is 1. The van der Waals surface area contributed by atoms with Crippen molar-refractivity contribution in [3.63, 3.8) is 0 Å². The van der Waals surface area contributed by atoms with Gasteiger partial charge in [0.15, 0.2) is 0 Å². The Morgan fingerprint density at radius 1 is 1.41 bits per heavy atom. The Labute approximate surface area is 102 Å². The molecular weight excluding hydrogens is 218 g/mol. The van der Waals surface area contributed by atoms with Gasteiger partial charge in [0.25, 0.3) is 0 Å². The van der Waals surface area contributed by atoms with Crippen molar-refractivity contribution in [2.45, 2.75) is 19.9 Å². The lowest BCUT2D eigenvalue weighted by Gasteiger charge is -2.15. The zero-order chi connectivity index (χ0) is 12.7. The first-order valence-electron chi connectivity index (χ1n) is 5.60. The first kappa shape index (κ1) is 13.5. The predicted molar refractivity (Wildman–Crippen MR) is 66.2 cm³/mol. The average molecular weight is 237 g/mol. The number of benzene rings is 1. The molecule has 1 amide bonds. The van der Waals surface area contributed by atoms with Gasteiger partial charge in [-0.25, -0.2) is 0 Å². The summed E-state index contributed by atoms with van der Waals surface area (Å²) in [6.45, 7) is 4.41. The molecule has 1 rings (SSSR count). The molecule has 1 aromatic carbocycles. The van der Waals surface area contributed by atoms with Gasteiger partial charge in [0, 0.05) is 7.11 Å². The lowest BCUT2D eigenvalue weighted by Crippen LogP contribution is -2.38. The molecule has 1 aromatic rings. The summed E-state index contributed by atoms with van der Waals surface area (Å²) in [6, 6.07) is 7.75. The largest absolute Gasteiger partial charge is 0.491 e. The second kappa shape index (κ2) is 6.91. The summed E-state index contributed by atoms with van der Waals surface area (Å²) < 4.78 is 10.4. The minimum absolute atomic E-state index is 0.0442. The number of amides is 1. The molecule has 1 atom stereocenters. The number of carbonyl (C=O) groups excluding carboxylic acids is 1. The average Bonchev–Trinajstić information content (AvgIpc) is 2.28. The Bertz CT molecular complexity index is 365. The predicted octanol–water partition coefficient (Wildman–Crippen LogP) is 1.52. The number of para-hydroxylation sites is 1. The van der Waals surface area contributed by atoms with E-state index in [2.05, 4.69) is 5.32 Å². The van der Waals surface area contributed by atoms with E-state index < -0.39 is 0 Å². The molecule has 0 aliphatic heterocycles. The lowest BCUT2D eigenvalue weighted by atomic mass is 10.2. The number of carbonyl (C=O) groups is 1. The van der Waals surface area contributed by atoms with Crippen molar-refractivity contribution < 1.29 is 14.3 Å². The third kappa shape index (κ3) is 4.87. The first-order valence-corrected chi connectivity index (χ1v) is 5.60. The molecular formula is C13H19NO3. The van der Waals surface area contributed by atoms with Crippen LogP contribution < -0.4 is 10.1 Å². The zero-order valence-electron chi connectivity index (χ0n) is 10.5. The monoisotopic (exact) mass is 237 g/mol. The van der Waals surface area contributed by atoms with Crippen LogP contribution >= 0.6 is 0 Å². The Morgan fingerprint density at radius 2 is 2.12 bits per heavy atom. The number of ether oxygens (including phenoxy) is 2. The second-order valence-electron chi connectivity index (χ2n) is 3.98. The number of rotatable bonds is 6. The fourth-order valence-electron chi connectivity index (χ4n) is 1.42. The summed E-state index contributed by atoms with van der Waals surface area (Å²) in [5, 5.41) is 2.78. The van der Waals surface area contributed by atoms with Crippen LogP contribution in [0.25, 0.3) is 0 Å². The van der Waals surface area contributed by atoms with Crippen molar-refractivity contribution in [1.82, 2.24) is 5.32 Å². The van der Waals surface area contributed by atoms with Gasteiger partial charge in [0.05, 0.1) is 6.04 Å². The standard InChI is InChI=1S/C13H19NO3/c1-10-6-4-5-7-12(10)17-8-11(2)14-13(15)9-16-3/h4-7,11H,8-9H2,1-3H3,(H,14,15)/t11-/m1/s1. The zero-order valence-corrected chi connectivity index (χ0v) is 10.5. The van der Waals surface area contributed by atoms with Crippen molar-refractivity contribution in [3.05, 3.63) is 29.8 Å². The Hall–Kier alpha value is -1.55. The molecule has 0 saturated carbocycles. The van der Waals surface area contributed by atoms with E-state index in [9.17, 15) is 4.79 Å². The maximum atomic E-state index is 11.2. The fourth-order valence-corrected chi connectivity index (χ4v) is 1.42. The topological polar surface area (TPSA) is 47.6 Å². The summed E-state index contributed by atoms with van der Waals surface area (Å²) in [5.74, 6) is 0.716. The van der Waals surface area contributed by atoms with Crippen LogP contribution in [-0.2, 0) is 9.53 Å². The number of nitrogens with one attached hydrogen (secondary N) is 1. The highest BCUT2D eigenvalue weighted by atomic mass is 16.5. The van der Waals surface area contributed by atoms with Gasteiger partial charge in [0.1, 0.15) is 19.0 Å². The normalized spacial score (nSPS) is 11.9. The van der Waals surface area contributed by atoms with Gasteiger partial charge in [0.2, 0.25) is 5.91 Å². The quantitative estimate of drug-likeness (QED) is 0.816. The van der Waals surface area contributed by atoms with Crippen molar-refractivity contribution in [3.8, 4) is 5.75 Å². The van der Waals surface area contributed by atoms with Crippen molar-refractivity contribution in [2.75, 3.05) is 20.3 Å². The number of hydrogen-bond donors (Lipinski definition) is 1. The maximum Gasteiger partial charge on any atom is 0.246 e. The molecule has 17 heavy (non-hydrogen) atoms. The third-order valence-electron chi connectivity index (χ3n) is 2.27. The van der Waals surface area contributed by atoms with Gasteiger partial charge in [-0.2, -0.15) is 0 Å². The fraction of sp³-hybridized carbons (Fsp3) is 0.462. The molecule has 0 heterocycles. The van der Waals surface area contributed by atoms with Gasteiger partial charge in [-0.3, -0.25) is 4.79 Å². The van der Waals surface area contributed by atoms with Gasteiger partial charge >= 0.3 is 0 Å². The van der Waals surface area contributed by atoms with Gasteiger partial charge in [-0.05, 0) is 25.5 Å². The van der Waals surface area contributed by atoms with Crippen LogP contribution in [0.2, 0.25) is 0 Å². The molecule has 0 aromatic heterocycles. The minimum Gasteiger partial charge on any atom is -0.491 e. The van der Waals surface area contributed by atoms with E-state index in [0.29, 0.717) is 6.61 Å². The molecule has 0 radical (unpaired) electrons. The molecule has 0 saturated heterocycles. The molecule has 0 unspecified atom stereocenters. The van der Waals surface area contributed by atoms with E-state index in [1.165, 1.54) is 7.11 Å². The van der Waals surface area contributed by atoms with Crippen LogP contribution in [0.3, 0.4) is 0 Å². The molecule has 0 bridgehead atoms. The molecule has 0 aliphatic carbocycles. The third-order valence-corrected chi connectivity index (χ3v) is 2.27. The number of hydrogen-bond acceptors (Lipinski definition) is 3. The van der Waals surface area contributed by atoms with Crippen LogP contribution in [0.1, 0.15) is 12.5 Å².